The summed E-state index contributed by atoms with van der Waals surface area (Å²) in [7, 11) is 0. The zero-order valence-corrected chi connectivity index (χ0v) is 15.1. The van der Waals surface area contributed by atoms with Crippen molar-refractivity contribution in [2.24, 2.45) is 0 Å². The van der Waals surface area contributed by atoms with Gasteiger partial charge in [-0.2, -0.15) is 0 Å². The number of carbonyl (C=O) groups is 1. The van der Waals surface area contributed by atoms with Crippen LogP contribution in [0.2, 0.25) is 0 Å². The zero-order chi connectivity index (χ0) is 16.7. The summed E-state index contributed by atoms with van der Waals surface area (Å²) in [6, 6.07) is 15.2. The standard InChI is InChI=1S/C18H19IN2O2/c1-13(2)12-23-17-9-7-16(8-10-17)21-18(22)11-20-15-5-3-14(19)4-6-15/h3-10,20H,1,11-12H2,2H3,(H,21,22). The van der Waals surface area contributed by atoms with Gasteiger partial charge in [-0.1, -0.05) is 6.58 Å². The summed E-state index contributed by atoms with van der Waals surface area (Å²) in [5.74, 6) is 0.655. The fraction of sp³-hybridized carbons (Fsp3) is 0.167. The highest BCUT2D eigenvalue weighted by molar-refractivity contribution is 14.1. The molecule has 2 aromatic carbocycles. The summed E-state index contributed by atoms with van der Waals surface area (Å²) in [6.07, 6.45) is 0. The van der Waals surface area contributed by atoms with Crippen molar-refractivity contribution in [2.45, 2.75) is 6.92 Å². The molecule has 0 fully saturated rings. The van der Waals surface area contributed by atoms with Gasteiger partial charge in [-0.15, -0.1) is 0 Å². The predicted octanol–water partition coefficient (Wildman–Crippen LogP) is 4.30. The molecule has 0 saturated heterocycles. The summed E-state index contributed by atoms with van der Waals surface area (Å²) in [5, 5.41) is 5.93. The Hall–Kier alpha value is -2.02. The molecule has 120 valence electrons. The molecule has 0 spiro atoms. The van der Waals surface area contributed by atoms with E-state index in [0.29, 0.717) is 6.61 Å². The van der Waals surface area contributed by atoms with Crippen molar-refractivity contribution < 1.29 is 9.53 Å². The molecule has 0 aliphatic rings. The number of anilines is 2. The van der Waals surface area contributed by atoms with E-state index < -0.39 is 0 Å². The van der Waals surface area contributed by atoms with Gasteiger partial charge in [-0.25, -0.2) is 0 Å². The first kappa shape index (κ1) is 17.3. The van der Waals surface area contributed by atoms with E-state index in [1.165, 1.54) is 0 Å². The van der Waals surface area contributed by atoms with Crippen molar-refractivity contribution in [2.75, 3.05) is 23.8 Å². The first-order valence-corrected chi connectivity index (χ1v) is 8.27. The SMILES string of the molecule is C=C(C)COc1ccc(NC(=O)CNc2ccc(I)cc2)cc1. The van der Waals surface area contributed by atoms with Crippen molar-refractivity contribution in [3.8, 4) is 5.75 Å². The van der Waals surface area contributed by atoms with Crippen LogP contribution in [0.3, 0.4) is 0 Å². The molecule has 2 N–H and O–H groups in total. The Bertz CT molecular complexity index is 666. The average molecular weight is 422 g/mol. The average Bonchev–Trinajstić information content (AvgIpc) is 2.53. The van der Waals surface area contributed by atoms with E-state index in [1.54, 1.807) is 0 Å². The topological polar surface area (TPSA) is 50.4 Å². The van der Waals surface area contributed by atoms with E-state index in [1.807, 2.05) is 55.5 Å². The maximum atomic E-state index is 11.9. The van der Waals surface area contributed by atoms with Crippen LogP contribution in [0.1, 0.15) is 6.92 Å². The van der Waals surface area contributed by atoms with Gasteiger partial charge in [0.25, 0.3) is 0 Å². The molecule has 5 heteroatoms. The maximum Gasteiger partial charge on any atom is 0.243 e. The van der Waals surface area contributed by atoms with Gasteiger partial charge in [0.15, 0.2) is 0 Å². The van der Waals surface area contributed by atoms with Gasteiger partial charge in [0.1, 0.15) is 12.4 Å². The number of benzene rings is 2. The minimum absolute atomic E-state index is 0.0980. The highest BCUT2D eigenvalue weighted by Gasteiger charge is 2.03. The van der Waals surface area contributed by atoms with Crippen LogP contribution in [0.5, 0.6) is 5.75 Å². The molecule has 23 heavy (non-hydrogen) atoms. The van der Waals surface area contributed by atoms with E-state index >= 15 is 0 Å². The molecule has 0 bridgehead atoms. The molecule has 0 radical (unpaired) electrons. The molecular weight excluding hydrogens is 403 g/mol. The van der Waals surface area contributed by atoms with Crippen LogP contribution < -0.4 is 15.4 Å². The van der Waals surface area contributed by atoms with Gasteiger partial charge >= 0.3 is 0 Å². The molecule has 1 amide bonds. The Labute approximate surface area is 150 Å². The second-order valence-electron chi connectivity index (χ2n) is 5.18. The normalized spacial score (nSPS) is 10.0. The lowest BCUT2D eigenvalue weighted by atomic mass is 10.3. The van der Waals surface area contributed by atoms with Crippen molar-refractivity contribution in [1.29, 1.82) is 0 Å². The number of hydrogen-bond acceptors (Lipinski definition) is 3. The van der Waals surface area contributed by atoms with Gasteiger partial charge in [-0.05, 0) is 83.6 Å². The van der Waals surface area contributed by atoms with Gasteiger partial charge in [0.05, 0.1) is 6.54 Å². The van der Waals surface area contributed by atoms with E-state index in [4.69, 9.17) is 4.74 Å². The van der Waals surface area contributed by atoms with Crippen LogP contribution in [0.15, 0.2) is 60.7 Å². The Morgan fingerprint density at radius 1 is 1.09 bits per heavy atom. The predicted molar refractivity (Wildman–Crippen MR) is 103 cm³/mol. The lowest BCUT2D eigenvalue weighted by Gasteiger charge is -2.09. The minimum atomic E-state index is -0.0980. The van der Waals surface area contributed by atoms with Crippen LogP contribution in [0.4, 0.5) is 11.4 Å². The monoisotopic (exact) mass is 422 g/mol. The van der Waals surface area contributed by atoms with E-state index in [9.17, 15) is 4.79 Å². The molecule has 0 atom stereocenters. The summed E-state index contributed by atoms with van der Waals surface area (Å²) >= 11 is 2.24. The first-order chi connectivity index (χ1) is 11.0. The van der Waals surface area contributed by atoms with Crippen molar-refractivity contribution >= 4 is 39.9 Å². The number of hydrogen-bond donors (Lipinski definition) is 2. The third-order valence-electron chi connectivity index (χ3n) is 2.92. The molecule has 4 nitrogen and oxygen atoms in total. The van der Waals surface area contributed by atoms with Gasteiger partial charge in [0, 0.05) is 14.9 Å². The van der Waals surface area contributed by atoms with Crippen LogP contribution in [-0.2, 0) is 4.79 Å². The smallest absolute Gasteiger partial charge is 0.243 e. The van der Waals surface area contributed by atoms with Gasteiger partial charge < -0.3 is 15.4 Å². The molecule has 0 heterocycles. The third-order valence-corrected chi connectivity index (χ3v) is 3.64. The van der Waals surface area contributed by atoms with E-state index in [-0.39, 0.29) is 12.5 Å². The van der Waals surface area contributed by atoms with Crippen LogP contribution >= 0.6 is 22.6 Å². The van der Waals surface area contributed by atoms with Crippen LogP contribution in [0.25, 0.3) is 0 Å². The minimum Gasteiger partial charge on any atom is -0.489 e. The molecule has 0 aromatic heterocycles. The summed E-state index contributed by atoms with van der Waals surface area (Å²) in [5.41, 5.74) is 2.62. The number of carbonyl (C=O) groups excluding carboxylic acids is 1. The molecule has 2 aromatic rings. The fourth-order valence-corrected chi connectivity index (χ4v) is 2.16. The number of rotatable bonds is 7. The van der Waals surface area contributed by atoms with Crippen molar-refractivity contribution in [3.05, 3.63) is 64.3 Å². The number of halogens is 1. The Morgan fingerprint density at radius 3 is 2.30 bits per heavy atom. The quantitative estimate of drug-likeness (QED) is 0.517. The fourth-order valence-electron chi connectivity index (χ4n) is 1.80. The van der Waals surface area contributed by atoms with Gasteiger partial charge in [0.2, 0.25) is 5.91 Å². The van der Waals surface area contributed by atoms with Crippen LogP contribution in [-0.4, -0.2) is 19.1 Å². The van der Waals surface area contributed by atoms with Crippen molar-refractivity contribution in [3.63, 3.8) is 0 Å². The second-order valence-corrected chi connectivity index (χ2v) is 6.42. The van der Waals surface area contributed by atoms with E-state index in [2.05, 4.69) is 39.8 Å². The number of amides is 1. The summed E-state index contributed by atoms with van der Waals surface area (Å²) < 4.78 is 6.68. The molecule has 0 unspecified atom stereocenters. The second kappa shape index (κ2) is 8.57. The van der Waals surface area contributed by atoms with Crippen molar-refractivity contribution in [1.82, 2.24) is 0 Å². The molecule has 0 saturated carbocycles. The summed E-state index contributed by atoms with van der Waals surface area (Å²) in [4.78, 5) is 11.9. The van der Waals surface area contributed by atoms with Gasteiger partial charge in [-0.3, -0.25) is 4.79 Å². The lowest BCUT2D eigenvalue weighted by Crippen LogP contribution is -2.21. The highest BCUT2D eigenvalue weighted by atomic mass is 127. The lowest BCUT2D eigenvalue weighted by molar-refractivity contribution is -0.114. The van der Waals surface area contributed by atoms with Crippen LogP contribution in [0, 0.1) is 3.57 Å². The highest BCUT2D eigenvalue weighted by Crippen LogP contribution is 2.16. The molecule has 2 rings (SSSR count). The number of nitrogens with one attached hydrogen (secondary N) is 2. The Morgan fingerprint density at radius 2 is 1.70 bits per heavy atom. The Kier molecular flexibility index (Phi) is 6.46. The third kappa shape index (κ3) is 6.32. The number of ether oxygens (including phenoxy) is 1. The first-order valence-electron chi connectivity index (χ1n) is 7.19. The zero-order valence-electron chi connectivity index (χ0n) is 12.9. The maximum absolute atomic E-state index is 11.9. The molecule has 0 aliphatic carbocycles. The Balaban J connectivity index is 1.80. The van der Waals surface area contributed by atoms with E-state index in [0.717, 1.165) is 26.3 Å². The molecule has 0 aliphatic heterocycles. The summed E-state index contributed by atoms with van der Waals surface area (Å²) in [6.45, 7) is 6.41. The largest absolute Gasteiger partial charge is 0.489 e. The molecular formula is C18H19IN2O2.